The topological polar surface area (TPSA) is 101 Å². The Bertz CT molecular complexity index is 1450. The summed E-state index contributed by atoms with van der Waals surface area (Å²) >= 11 is 0. The molecule has 11 heteroatoms. The lowest BCUT2D eigenvalue weighted by molar-refractivity contribution is -0.164. The van der Waals surface area contributed by atoms with Crippen molar-refractivity contribution in [1.82, 2.24) is 0 Å². The molecule has 0 fully saturated rings. The van der Waals surface area contributed by atoms with Gasteiger partial charge in [0.05, 0.1) is 12.7 Å². The van der Waals surface area contributed by atoms with Gasteiger partial charge in [-0.15, -0.1) is 0 Å². The molecule has 0 spiro atoms. The Labute approximate surface area is 359 Å². The molecule has 0 aliphatic carbocycles. The van der Waals surface area contributed by atoms with E-state index in [4.69, 9.17) is 22.8 Å². The molecule has 1 aliphatic rings. The molecule has 1 N–H and O–H groups in total. The quantitative estimate of drug-likeness (QED) is 0.118. The molecule has 0 aromatic rings. The van der Waals surface area contributed by atoms with E-state index in [1.807, 2.05) is 26.0 Å². The highest BCUT2D eigenvalue weighted by atomic mass is 28.4. The second-order valence-corrected chi connectivity index (χ2v) is 36.6. The number of aliphatic hydroxyl groups is 1. The molecule has 0 saturated heterocycles. The minimum Gasteiger partial charge on any atom is -0.459 e. The predicted molar refractivity (Wildman–Crippen MR) is 250 cm³/mol. The van der Waals surface area contributed by atoms with Gasteiger partial charge in [0.15, 0.2) is 30.6 Å². The van der Waals surface area contributed by atoms with Crippen molar-refractivity contribution in [3.05, 3.63) is 48.1 Å². The van der Waals surface area contributed by atoms with E-state index in [2.05, 4.69) is 129 Å². The fraction of sp³-hybridized carbons (Fsp3) is 0.787. The first-order chi connectivity index (χ1) is 25.9. The van der Waals surface area contributed by atoms with Gasteiger partial charge in [0, 0.05) is 30.9 Å². The molecule has 8 atom stereocenters. The van der Waals surface area contributed by atoms with Crippen LogP contribution in [0.5, 0.6) is 0 Å². The van der Waals surface area contributed by atoms with Gasteiger partial charge in [-0.25, -0.2) is 9.59 Å². The third-order valence-electron chi connectivity index (χ3n) is 13.7. The molecule has 0 bridgehead atoms. The summed E-state index contributed by atoms with van der Waals surface area (Å²) in [5.74, 6) is -1.29. The highest BCUT2D eigenvalue weighted by Gasteiger charge is 2.42. The van der Waals surface area contributed by atoms with Crippen LogP contribution in [0.15, 0.2) is 48.1 Å². The molecule has 0 aromatic carbocycles. The highest BCUT2D eigenvalue weighted by molar-refractivity contribution is 6.75. The molecular formula is C47H88O8Si3. The van der Waals surface area contributed by atoms with Crippen molar-refractivity contribution < 1.29 is 37.4 Å². The maximum atomic E-state index is 13.8. The molecule has 336 valence electrons. The number of ether oxygens (including phenoxy) is 2. The monoisotopic (exact) mass is 865 g/mol. The molecule has 0 amide bonds. The molecule has 0 saturated carbocycles. The summed E-state index contributed by atoms with van der Waals surface area (Å²) in [6.07, 6.45) is 9.39. The van der Waals surface area contributed by atoms with Crippen LogP contribution < -0.4 is 0 Å². The standard InChI is InChI=1S/C47H88O8Si3/c1-33(32-51-56(17,18)44(7,8)9)29-39-26-23-27-40(55-58(21,22)46(13,14)15)37(5)35(3)31-42(48)53-41(34(2)25-24-28-47(16,50)43(49)52-39)30-36(4)38(6)54-57(19,20)45(10,11)12/h23-24,27-28,31,34,36-41,50H,1,25-26,29-30,32H2,2-22H3/b27-23+,28-24+,35-31+/t34-,36-,37+,38+,39-,40+,41+,47+/m1/s1. The van der Waals surface area contributed by atoms with E-state index in [9.17, 15) is 14.7 Å². The van der Waals surface area contributed by atoms with Crippen LogP contribution in [0.2, 0.25) is 54.4 Å². The third-order valence-corrected chi connectivity index (χ3v) is 27.2. The van der Waals surface area contributed by atoms with Crippen LogP contribution in [0.25, 0.3) is 0 Å². The molecule has 0 aromatic heterocycles. The van der Waals surface area contributed by atoms with Crippen LogP contribution in [0.3, 0.4) is 0 Å². The Hall–Kier alpha value is -1.61. The molecular weight excluding hydrogens is 777 g/mol. The first kappa shape index (κ1) is 54.4. The Morgan fingerprint density at radius 1 is 0.879 bits per heavy atom. The summed E-state index contributed by atoms with van der Waals surface area (Å²) in [5, 5.41) is 11.5. The van der Waals surface area contributed by atoms with E-state index in [-0.39, 0.29) is 51.0 Å². The van der Waals surface area contributed by atoms with Crippen LogP contribution in [-0.2, 0) is 32.3 Å². The van der Waals surface area contributed by atoms with Crippen molar-refractivity contribution in [3.8, 4) is 0 Å². The smallest absolute Gasteiger partial charge is 0.342 e. The number of allylic oxidation sites excluding steroid dienone is 1. The van der Waals surface area contributed by atoms with Crippen LogP contribution in [0.1, 0.15) is 130 Å². The Kier molecular flexibility index (Phi) is 19.7. The average Bonchev–Trinajstić information content (AvgIpc) is 3.03. The summed E-state index contributed by atoms with van der Waals surface area (Å²) in [5.41, 5.74) is -0.186. The lowest BCUT2D eigenvalue weighted by atomic mass is 9.89. The molecule has 0 radical (unpaired) electrons. The van der Waals surface area contributed by atoms with Crippen LogP contribution in [0.4, 0.5) is 0 Å². The number of hydrogen-bond donors (Lipinski definition) is 1. The van der Waals surface area contributed by atoms with Gasteiger partial charge in [0.1, 0.15) is 12.2 Å². The van der Waals surface area contributed by atoms with Crippen LogP contribution in [-0.4, -0.2) is 78.6 Å². The van der Waals surface area contributed by atoms with E-state index < -0.39 is 48.7 Å². The van der Waals surface area contributed by atoms with Gasteiger partial charge in [-0.1, -0.05) is 113 Å². The predicted octanol–water partition coefficient (Wildman–Crippen LogP) is 12.5. The number of carbonyl (C=O) groups is 2. The summed E-state index contributed by atoms with van der Waals surface area (Å²) in [6, 6.07) is 0. The van der Waals surface area contributed by atoms with Gasteiger partial charge in [-0.05, 0) is 111 Å². The van der Waals surface area contributed by atoms with Crippen molar-refractivity contribution in [2.45, 2.75) is 214 Å². The van der Waals surface area contributed by atoms with Crippen molar-refractivity contribution in [2.24, 2.45) is 17.8 Å². The number of rotatable bonds is 12. The lowest BCUT2D eigenvalue weighted by Crippen LogP contribution is -2.45. The van der Waals surface area contributed by atoms with Gasteiger partial charge in [0.25, 0.3) is 0 Å². The second kappa shape index (κ2) is 21.0. The Morgan fingerprint density at radius 2 is 1.41 bits per heavy atom. The fourth-order valence-corrected chi connectivity index (χ4v) is 9.55. The molecule has 0 unspecified atom stereocenters. The third kappa shape index (κ3) is 16.7. The molecule has 8 nitrogen and oxygen atoms in total. The van der Waals surface area contributed by atoms with Gasteiger partial charge in [-0.2, -0.15) is 0 Å². The zero-order chi connectivity index (χ0) is 45.5. The minimum absolute atomic E-state index is 0.0362. The van der Waals surface area contributed by atoms with Crippen LogP contribution >= 0.6 is 0 Å². The summed E-state index contributed by atoms with van der Waals surface area (Å²) in [4.78, 5) is 27.5. The molecule has 58 heavy (non-hydrogen) atoms. The molecule has 1 heterocycles. The van der Waals surface area contributed by atoms with Gasteiger partial charge >= 0.3 is 11.9 Å². The fourth-order valence-electron chi connectivity index (χ4n) is 5.72. The van der Waals surface area contributed by atoms with Crippen molar-refractivity contribution >= 4 is 36.9 Å². The average molecular weight is 865 g/mol. The van der Waals surface area contributed by atoms with Gasteiger partial charge in [0.2, 0.25) is 0 Å². The maximum Gasteiger partial charge on any atom is 0.342 e. The highest BCUT2D eigenvalue weighted by Crippen LogP contribution is 2.41. The molecule has 1 aliphatic heterocycles. The number of hydrogen-bond acceptors (Lipinski definition) is 8. The Morgan fingerprint density at radius 3 is 1.93 bits per heavy atom. The summed E-state index contributed by atoms with van der Waals surface area (Å²) < 4.78 is 32.7. The van der Waals surface area contributed by atoms with E-state index in [0.29, 0.717) is 32.3 Å². The van der Waals surface area contributed by atoms with E-state index in [1.165, 1.54) is 13.0 Å². The van der Waals surface area contributed by atoms with Gasteiger partial charge in [-0.3, -0.25) is 0 Å². The zero-order valence-corrected chi connectivity index (χ0v) is 44.0. The summed E-state index contributed by atoms with van der Waals surface area (Å²) in [6.45, 7) is 49.8. The number of cyclic esters (lactones) is 2. The van der Waals surface area contributed by atoms with Gasteiger partial charge < -0.3 is 27.9 Å². The minimum atomic E-state index is -2.27. The van der Waals surface area contributed by atoms with E-state index in [0.717, 1.165) is 11.1 Å². The normalized spacial score (nSPS) is 28.9. The van der Waals surface area contributed by atoms with Crippen molar-refractivity contribution in [1.29, 1.82) is 0 Å². The van der Waals surface area contributed by atoms with E-state index in [1.54, 1.807) is 12.2 Å². The van der Waals surface area contributed by atoms with Crippen LogP contribution in [0, 0.1) is 17.8 Å². The van der Waals surface area contributed by atoms with E-state index >= 15 is 0 Å². The summed E-state index contributed by atoms with van der Waals surface area (Å²) in [7, 11) is -6.34. The first-order valence-corrected chi connectivity index (χ1v) is 30.5. The van der Waals surface area contributed by atoms with Crippen molar-refractivity contribution in [2.75, 3.05) is 6.61 Å². The first-order valence-electron chi connectivity index (χ1n) is 21.8. The number of esters is 2. The molecule has 1 rings (SSSR count). The number of carbonyl (C=O) groups excluding carboxylic acids is 2. The largest absolute Gasteiger partial charge is 0.459 e. The lowest BCUT2D eigenvalue weighted by Gasteiger charge is -2.40. The SMILES string of the molecule is C=C(CO[Si](C)(C)C(C)(C)C)C[C@H]1C/C=C/[C@H](O[Si](C)(C)C(C)(C)C)[C@@H](C)/C(C)=C/C(=O)O[C@@H](C[C@@H](C)[C@H](C)O[Si](C)(C)C(C)(C)C)[C@H](C)C/C=C/[C@](C)(O)C(=O)O1. The zero-order valence-electron chi connectivity index (χ0n) is 41.0. The second-order valence-electron chi connectivity index (χ2n) is 22.2. The Balaban J connectivity index is 3.70. The maximum absolute atomic E-state index is 13.8. The van der Waals surface area contributed by atoms with Crippen molar-refractivity contribution in [3.63, 3.8) is 0 Å².